The molecule has 0 bridgehead atoms. The van der Waals surface area contributed by atoms with Crippen molar-refractivity contribution < 1.29 is 27.9 Å². The van der Waals surface area contributed by atoms with Crippen LogP contribution in [0.2, 0.25) is 5.02 Å². The number of ether oxygens (including phenoxy) is 1. The monoisotopic (exact) mass is 361 g/mol. The van der Waals surface area contributed by atoms with Crippen LogP contribution in [0, 0.1) is 11.8 Å². The number of methoxy groups -OCH3 is 1. The minimum atomic E-state index is -3.88. The van der Waals surface area contributed by atoms with Gasteiger partial charge < -0.3 is 9.84 Å². The number of carboxylic acids is 1. The molecule has 126 valence electrons. The average molecular weight is 362 g/mol. The van der Waals surface area contributed by atoms with Gasteiger partial charge in [-0.1, -0.05) is 18.5 Å². The summed E-state index contributed by atoms with van der Waals surface area (Å²) in [7, 11) is -2.68. The van der Waals surface area contributed by atoms with E-state index in [2.05, 4.69) is 4.74 Å². The number of carboxylic acid groups (broad SMARTS) is 1. The third-order valence-electron chi connectivity index (χ3n) is 3.88. The molecule has 1 aliphatic heterocycles. The van der Waals surface area contributed by atoms with Crippen LogP contribution in [0.3, 0.4) is 0 Å². The zero-order valence-corrected chi connectivity index (χ0v) is 14.1. The van der Waals surface area contributed by atoms with Crippen LogP contribution in [-0.4, -0.2) is 50.0 Å². The summed E-state index contributed by atoms with van der Waals surface area (Å²) in [6.07, 6.45) is 0. The zero-order valence-electron chi connectivity index (χ0n) is 12.5. The lowest BCUT2D eigenvalue weighted by Gasteiger charge is -2.16. The Hall–Kier alpha value is -1.64. The summed E-state index contributed by atoms with van der Waals surface area (Å²) >= 11 is 5.95. The molecular weight excluding hydrogens is 346 g/mol. The van der Waals surface area contributed by atoms with E-state index in [1.165, 1.54) is 25.3 Å². The molecule has 0 amide bonds. The predicted molar refractivity (Wildman–Crippen MR) is 81.8 cm³/mol. The predicted octanol–water partition coefficient (Wildman–Crippen LogP) is 1.47. The van der Waals surface area contributed by atoms with Crippen LogP contribution in [0.15, 0.2) is 23.1 Å². The van der Waals surface area contributed by atoms with Gasteiger partial charge in [-0.3, -0.25) is 4.79 Å². The summed E-state index contributed by atoms with van der Waals surface area (Å²) in [6.45, 7) is 1.73. The molecule has 1 heterocycles. The number of nitrogens with zero attached hydrogens (tertiary/aromatic N) is 1. The number of hydrogen-bond donors (Lipinski definition) is 1. The van der Waals surface area contributed by atoms with Crippen LogP contribution in [0.4, 0.5) is 0 Å². The minimum Gasteiger partial charge on any atom is -0.481 e. The normalized spacial score (nSPS) is 22.0. The number of sulfonamides is 1. The van der Waals surface area contributed by atoms with Crippen molar-refractivity contribution in [1.29, 1.82) is 0 Å². The fourth-order valence-corrected chi connectivity index (χ4v) is 4.44. The number of hydrogen-bond acceptors (Lipinski definition) is 5. The van der Waals surface area contributed by atoms with E-state index >= 15 is 0 Å². The van der Waals surface area contributed by atoms with Crippen LogP contribution >= 0.6 is 11.6 Å². The van der Waals surface area contributed by atoms with Crippen LogP contribution in [-0.2, 0) is 19.6 Å². The summed E-state index contributed by atoms with van der Waals surface area (Å²) in [5.74, 6) is -2.71. The zero-order chi connectivity index (χ0) is 17.4. The summed E-state index contributed by atoms with van der Waals surface area (Å²) in [5.41, 5.74) is 0.0614. The molecule has 7 nitrogen and oxygen atoms in total. The first kappa shape index (κ1) is 17.7. The van der Waals surface area contributed by atoms with Crippen molar-refractivity contribution >= 4 is 33.6 Å². The second-order valence-electron chi connectivity index (χ2n) is 5.38. The largest absolute Gasteiger partial charge is 0.481 e. The van der Waals surface area contributed by atoms with Gasteiger partial charge >= 0.3 is 11.9 Å². The Balaban J connectivity index is 2.32. The van der Waals surface area contributed by atoms with E-state index in [1.807, 2.05) is 0 Å². The molecule has 1 aromatic rings. The molecule has 1 aliphatic rings. The van der Waals surface area contributed by atoms with Crippen molar-refractivity contribution in [2.45, 2.75) is 11.8 Å². The second kappa shape index (κ2) is 6.46. The molecule has 0 aliphatic carbocycles. The maximum atomic E-state index is 12.6. The SMILES string of the molecule is COC(=O)c1ccc(S(=O)(=O)N2C[C@@H](C)[C@H](C(=O)O)C2)cc1Cl. The Morgan fingerprint density at radius 2 is 2.00 bits per heavy atom. The first-order valence-electron chi connectivity index (χ1n) is 6.79. The highest BCUT2D eigenvalue weighted by Crippen LogP contribution is 2.30. The lowest BCUT2D eigenvalue weighted by molar-refractivity contribution is -0.142. The first-order valence-corrected chi connectivity index (χ1v) is 8.61. The molecule has 1 saturated heterocycles. The van der Waals surface area contributed by atoms with E-state index in [0.717, 1.165) is 4.31 Å². The number of carbonyl (C=O) groups excluding carboxylic acids is 1. The Kier molecular flexibility index (Phi) is 4.98. The summed E-state index contributed by atoms with van der Waals surface area (Å²) in [4.78, 5) is 22.5. The van der Waals surface area contributed by atoms with E-state index in [0.29, 0.717) is 0 Å². The molecule has 23 heavy (non-hydrogen) atoms. The Morgan fingerprint density at radius 1 is 1.35 bits per heavy atom. The highest BCUT2D eigenvalue weighted by atomic mass is 35.5. The van der Waals surface area contributed by atoms with Gasteiger partial charge in [-0.25, -0.2) is 13.2 Å². The van der Waals surface area contributed by atoms with Crippen molar-refractivity contribution in [3.05, 3.63) is 28.8 Å². The maximum absolute atomic E-state index is 12.6. The average Bonchev–Trinajstić information content (AvgIpc) is 2.89. The number of benzene rings is 1. The molecule has 2 atom stereocenters. The van der Waals surface area contributed by atoms with Gasteiger partial charge in [0.2, 0.25) is 10.0 Å². The van der Waals surface area contributed by atoms with Gasteiger partial charge in [0, 0.05) is 13.1 Å². The van der Waals surface area contributed by atoms with Crippen LogP contribution in [0.5, 0.6) is 0 Å². The number of aliphatic carboxylic acids is 1. The highest BCUT2D eigenvalue weighted by molar-refractivity contribution is 7.89. The van der Waals surface area contributed by atoms with Crippen LogP contribution in [0.25, 0.3) is 0 Å². The molecule has 0 radical (unpaired) electrons. The van der Waals surface area contributed by atoms with Crippen molar-refractivity contribution in [3.63, 3.8) is 0 Å². The van der Waals surface area contributed by atoms with Gasteiger partial charge in [-0.05, 0) is 24.1 Å². The Morgan fingerprint density at radius 3 is 2.48 bits per heavy atom. The topological polar surface area (TPSA) is 101 Å². The molecule has 2 rings (SSSR count). The smallest absolute Gasteiger partial charge is 0.339 e. The van der Waals surface area contributed by atoms with Crippen molar-refractivity contribution in [3.8, 4) is 0 Å². The summed E-state index contributed by atoms with van der Waals surface area (Å²) in [6, 6.07) is 3.70. The van der Waals surface area contributed by atoms with Crippen molar-refractivity contribution in [1.82, 2.24) is 4.31 Å². The third-order valence-corrected chi connectivity index (χ3v) is 6.02. The van der Waals surface area contributed by atoms with Gasteiger partial charge in [0.1, 0.15) is 0 Å². The van der Waals surface area contributed by atoms with Gasteiger partial charge in [0.25, 0.3) is 0 Å². The van der Waals surface area contributed by atoms with Gasteiger partial charge in [0.05, 0.1) is 28.5 Å². The molecule has 1 N–H and O–H groups in total. The number of rotatable bonds is 4. The van der Waals surface area contributed by atoms with E-state index in [9.17, 15) is 18.0 Å². The van der Waals surface area contributed by atoms with Crippen LogP contribution in [0.1, 0.15) is 17.3 Å². The van der Waals surface area contributed by atoms with Gasteiger partial charge in [0.15, 0.2) is 0 Å². The fraction of sp³-hybridized carbons (Fsp3) is 0.429. The maximum Gasteiger partial charge on any atom is 0.339 e. The molecule has 0 saturated carbocycles. The van der Waals surface area contributed by atoms with E-state index < -0.39 is 27.9 Å². The standard InChI is InChI=1S/C14H16ClNO6S/c1-8-6-16(7-11(8)13(17)18)23(20,21)9-3-4-10(12(15)5-9)14(19)22-2/h3-5,8,11H,6-7H2,1-2H3,(H,17,18)/t8-,11-/m1/s1. The molecule has 0 aromatic heterocycles. The molecule has 0 spiro atoms. The van der Waals surface area contributed by atoms with Crippen molar-refractivity contribution in [2.75, 3.05) is 20.2 Å². The minimum absolute atomic E-state index is 0.0417. The number of esters is 1. The number of carbonyl (C=O) groups is 2. The van der Waals surface area contributed by atoms with E-state index in [1.54, 1.807) is 6.92 Å². The Labute approximate surface area is 138 Å². The first-order chi connectivity index (χ1) is 10.7. The molecule has 9 heteroatoms. The fourth-order valence-electron chi connectivity index (χ4n) is 2.52. The second-order valence-corrected chi connectivity index (χ2v) is 7.72. The number of halogens is 1. The van der Waals surface area contributed by atoms with Gasteiger partial charge in [-0.15, -0.1) is 0 Å². The molecular formula is C14H16ClNO6S. The lowest BCUT2D eigenvalue weighted by Crippen LogP contribution is -2.30. The van der Waals surface area contributed by atoms with Gasteiger partial charge in [-0.2, -0.15) is 4.31 Å². The van der Waals surface area contributed by atoms with E-state index in [-0.39, 0.29) is 34.5 Å². The lowest BCUT2D eigenvalue weighted by atomic mass is 9.99. The molecule has 0 unspecified atom stereocenters. The Bertz CT molecular complexity index is 748. The highest BCUT2D eigenvalue weighted by Gasteiger charge is 2.40. The van der Waals surface area contributed by atoms with Crippen molar-refractivity contribution in [2.24, 2.45) is 11.8 Å². The summed E-state index contributed by atoms with van der Waals surface area (Å²) in [5, 5.41) is 9.07. The van der Waals surface area contributed by atoms with E-state index in [4.69, 9.17) is 16.7 Å². The molecule has 1 aromatic carbocycles. The third kappa shape index (κ3) is 3.34. The quantitative estimate of drug-likeness (QED) is 0.815. The summed E-state index contributed by atoms with van der Waals surface area (Å²) < 4.78 is 30.9. The molecule has 1 fully saturated rings. The van der Waals surface area contributed by atoms with Crippen LogP contribution < -0.4 is 0 Å².